The van der Waals surface area contributed by atoms with Gasteiger partial charge in [-0.15, -0.1) is 11.3 Å². The van der Waals surface area contributed by atoms with E-state index in [0.717, 1.165) is 31.6 Å². The summed E-state index contributed by atoms with van der Waals surface area (Å²) < 4.78 is 0. The van der Waals surface area contributed by atoms with Crippen LogP contribution < -0.4 is 5.73 Å². The first-order chi connectivity index (χ1) is 9.75. The van der Waals surface area contributed by atoms with Crippen LogP contribution in [0.1, 0.15) is 48.5 Å². The Kier molecular flexibility index (Phi) is 4.23. The van der Waals surface area contributed by atoms with Gasteiger partial charge < -0.3 is 5.73 Å². The summed E-state index contributed by atoms with van der Waals surface area (Å²) in [5, 5.41) is 2.16. The largest absolute Gasteiger partial charge is 0.325 e. The first-order valence-electron chi connectivity index (χ1n) is 7.61. The fourth-order valence-electron chi connectivity index (χ4n) is 3.33. The summed E-state index contributed by atoms with van der Waals surface area (Å²) in [6.45, 7) is 0. The van der Waals surface area contributed by atoms with Crippen LogP contribution in [0.2, 0.25) is 0 Å². The van der Waals surface area contributed by atoms with Crippen molar-refractivity contribution in [3.05, 3.63) is 58.3 Å². The molecule has 3 rings (SSSR count). The van der Waals surface area contributed by atoms with Crippen molar-refractivity contribution >= 4 is 11.3 Å². The molecule has 1 fully saturated rings. The summed E-state index contributed by atoms with van der Waals surface area (Å²) >= 11 is 1.85. The number of hydrogen-bond donors (Lipinski definition) is 1. The molecule has 0 saturated heterocycles. The summed E-state index contributed by atoms with van der Waals surface area (Å²) in [4.78, 5) is 1.47. The van der Waals surface area contributed by atoms with Crippen LogP contribution in [0.3, 0.4) is 0 Å². The molecule has 0 spiro atoms. The molecule has 0 unspecified atom stereocenters. The van der Waals surface area contributed by atoms with E-state index in [0.29, 0.717) is 0 Å². The number of aryl methyl sites for hydroxylation is 1. The molecule has 1 aromatic heterocycles. The molecular formula is C18H23NS. The van der Waals surface area contributed by atoms with Gasteiger partial charge in [0.1, 0.15) is 0 Å². The maximum Gasteiger partial charge on any atom is 0.0158 e. The Morgan fingerprint density at radius 2 is 1.80 bits per heavy atom. The number of hydrogen-bond acceptors (Lipinski definition) is 2. The molecule has 2 N–H and O–H groups in total. The molecule has 0 radical (unpaired) electrons. The van der Waals surface area contributed by atoms with E-state index >= 15 is 0 Å². The second kappa shape index (κ2) is 6.11. The van der Waals surface area contributed by atoms with Gasteiger partial charge in [-0.05, 0) is 61.5 Å². The van der Waals surface area contributed by atoms with Crippen molar-refractivity contribution in [2.75, 3.05) is 0 Å². The molecule has 0 bridgehead atoms. The summed E-state index contributed by atoms with van der Waals surface area (Å²) in [7, 11) is 0. The summed E-state index contributed by atoms with van der Waals surface area (Å²) in [5.41, 5.74) is 8.18. The topological polar surface area (TPSA) is 26.0 Å². The van der Waals surface area contributed by atoms with Crippen LogP contribution in [0.5, 0.6) is 0 Å². The Balaban J connectivity index is 1.54. The molecule has 2 heteroatoms. The van der Waals surface area contributed by atoms with Crippen molar-refractivity contribution in [3.63, 3.8) is 0 Å². The van der Waals surface area contributed by atoms with Gasteiger partial charge in [-0.1, -0.05) is 36.4 Å². The fraction of sp³-hybridized carbons (Fsp3) is 0.444. The Hall–Kier alpha value is -1.12. The Bertz CT molecular complexity index is 510. The summed E-state index contributed by atoms with van der Waals surface area (Å²) in [6.07, 6.45) is 7.09. The smallest absolute Gasteiger partial charge is 0.0158 e. The molecule has 20 heavy (non-hydrogen) atoms. The van der Waals surface area contributed by atoms with Crippen LogP contribution in [0.4, 0.5) is 0 Å². The van der Waals surface area contributed by atoms with E-state index in [1.54, 1.807) is 0 Å². The van der Waals surface area contributed by atoms with Gasteiger partial charge in [0.15, 0.2) is 0 Å². The highest BCUT2D eigenvalue weighted by Gasteiger charge is 2.31. The van der Waals surface area contributed by atoms with E-state index in [2.05, 4.69) is 47.8 Å². The molecule has 1 heterocycles. The van der Waals surface area contributed by atoms with E-state index in [9.17, 15) is 0 Å². The molecule has 0 atom stereocenters. The van der Waals surface area contributed by atoms with Gasteiger partial charge in [-0.2, -0.15) is 0 Å². The van der Waals surface area contributed by atoms with E-state index in [-0.39, 0.29) is 5.54 Å². The van der Waals surface area contributed by atoms with Crippen LogP contribution in [0.25, 0.3) is 0 Å². The fourth-order valence-corrected chi connectivity index (χ4v) is 4.04. The molecule has 1 saturated carbocycles. The minimum atomic E-state index is 0.0648. The van der Waals surface area contributed by atoms with Gasteiger partial charge in [-0.3, -0.25) is 0 Å². The van der Waals surface area contributed by atoms with Crippen molar-refractivity contribution < 1.29 is 0 Å². The first kappa shape index (κ1) is 13.8. The quantitative estimate of drug-likeness (QED) is 0.863. The van der Waals surface area contributed by atoms with Gasteiger partial charge in [0.2, 0.25) is 0 Å². The Morgan fingerprint density at radius 3 is 2.45 bits per heavy atom. The normalized spacial score (nSPS) is 26.6. The lowest BCUT2D eigenvalue weighted by Crippen LogP contribution is -2.43. The highest BCUT2D eigenvalue weighted by atomic mass is 32.1. The van der Waals surface area contributed by atoms with Gasteiger partial charge >= 0.3 is 0 Å². The second-order valence-corrected chi connectivity index (χ2v) is 7.16. The maximum atomic E-state index is 6.62. The second-order valence-electron chi connectivity index (χ2n) is 6.13. The third kappa shape index (κ3) is 3.31. The van der Waals surface area contributed by atoms with Gasteiger partial charge in [0.05, 0.1) is 0 Å². The average Bonchev–Trinajstić information content (AvgIpc) is 3.01. The molecular weight excluding hydrogens is 262 g/mol. The zero-order chi connectivity index (χ0) is 13.8. The molecule has 1 nitrogen and oxygen atoms in total. The van der Waals surface area contributed by atoms with Crippen molar-refractivity contribution in [1.29, 1.82) is 0 Å². The van der Waals surface area contributed by atoms with Crippen LogP contribution in [0, 0.1) is 0 Å². The molecule has 0 aliphatic heterocycles. The van der Waals surface area contributed by atoms with Crippen molar-refractivity contribution in [3.8, 4) is 0 Å². The molecule has 1 aromatic carbocycles. The molecule has 0 amide bonds. The highest BCUT2D eigenvalue weighted by Crippen LogP contribution is 2.38. The number of rotatable bonds is 4. The molecule has 106 valence electrons. The van der Waals surface area contributed by atoms with E-state index in [4.69, 9.17) is 5.73 Å². The number of benzene rings is 1. The van der Waals surface area contributed by atoms with Crippen molar-refractivity contribution in [1.82, 2.24) is 0 Å². The van der Waals surface area contributed by atoms with Crippen molar-refractivity contribution in [2.24, 2.45) is 5.73 Å². The standard InChI is InChI=1S/C18H23NS/c19-18(13-10-17-7-4-14-20-17)11-8-16(9-12-18)15-5-2-1-3-6-15/h1-7,14,16H,8-13,19H2. The lowest BCUT2D eigenvalue weighted by Gasteiger charge is -2.37. The van der Waals surface area contributed by atoms with Crippen LogP contribution >= 0.6 is 11.3 Å². The van der Waals surface area contributed by atoms with Crippen LogP contribution in [-0.4, -0.2) is 5.54 Å². The third-order valence-corrected chi connectivity index (χ3v) is 5.64. The SMILES string of the molecule is NC1(CCc2cccs2)CCC(c2ccccc2)CC1. The summed E-state index contributed by atoms with van der Waals surface area (Å²) in [5.74, 6) is 0.717. The van der Waals surface area contributed by atoms with Crippen molar-refractivity contribution in [2.45, 2.75) is 50.0 Å². The van der Waals surface area contributed by atoms with Gasteiger partial charge in [0, 0.05) is 10.4 Å². The third-order valence-electron chi connectivity index (χ3n) is 4.70. The first-order valence-corrected chi connectivity index (χ1v) is 8.49. The average molecular weight is 285 g/mol. The predicted octanol–water partition coefficient (Wildman–Crippen LogP) is 4.74. The minimum absolute atomic E-state index is 0.0648. The van der Waals surface area contributed by atoms with Gasteiger partial charge in [0.25, 0.3) is 0 Å². The predicted molar refractivity (Wildman–Crippen MR) is 87.2 cm³/mol. The lowest BCUT2D eigenvalue weighted by atomic mass is 9.73. The Labute approximate surface area is 125 Å². The van der Waals surface area contributed by atoms with E-state index in [1.165, 1.54) is 23.3 Å². The molecule has 1 aliphatic rings. The minimum Gasteiger partial charge on any atom is -0.325 e. The van der Waals surface area contributed by atoms with Crippen LogP contribution in [0.15, 0.2) is 47.8 Å². The molecule has 2 aromatic rings. The molecule has 1 aliphatic carbocycles. The maximum absolute atomic E-state index is 6.62. The van der Waals surface area contributed by atoms with Gasteiger partial charge in [-0.25, -0.2) is 0 Å². The Morgan fingerprint density at radius 1 is 1.05 bits per heavy atom. The highest BCUT2D eigenvalue weighted by molar-refractivity contribution is 7.09. The monoisotopic (exact) mass is 285 g/mol. The van der Waals surface area contributed by atoms with E-state index in [1.807, 2.05) is 11.3 Å². The zero-order valence-corrected chi connectivity index (χ0v) is 12.7. The van der Waals surface area contributed by atoms with E-state index < -0.39 is 0 Å². The number of nitrogens with two attached hydrogens (primary N) is 1. The zero-order valence-electron chi connectivity index (χ0n) is 11.9. The lowest BCUT2D eigenvalue weighted by molar-refractivity contribution is 0.257. The van der Waals surface area contributed by atoms with Crippen LogP contribution in [-0.2, 0) is 6.42 Å². The number of thiophene rings is 1. The summed E-state index contributed by atoms with van der Waals surface area (Å²) in [6, 6.07) is 15.3.